The van der Waals surface area contributed by atoms with Gasteiger partial charge in [-0.15, -0.1) is 11.3 Å². The minimum atomic E-state index is -0.500. The molecular formula is C29H26FN3O4S. The number of pyridine rings is 2. The summed E-state index contributed by atoms with van der Waals surface area (Å²) in [4.78, 5) is 35.5. The molecule has 9 heteroatoms. The number of fused-ring (bicyclic) bond motifs is 1. The van der Waals surface area contributed by atoms with Gasteiger partial charge >= 0.3 is 6.09 Å². The highest BCUT2D eigenvalue weighted by Gasteiger charge is 2.23. The first-order valence-electron chi connectivity index (χ1n) is 12.8. The van der Waals surface area contributed by atoms with E-state index in [0.29, 0.717) is 43.3 Å². The summed E-state index contributed by atoms with van der Waals surface area (Å²) >= 11 is 1.46. The van der Waals surface area contributed by atoms with Crippen molar-refractivity contribution in [3.8, 4) is 22.1 Å². The van der Waals surface area contributed by atoms with Crippen LogP contribution in [-0.4, -0.2) is 39.9 Å². The highest BCUT2D eigenvalue weighted by atomic mass is 32.1. The molecule has 0 radical (unpaired) electrons. The topological polar surface area (TPSA) is 81.6 Å². The summed E-state index contributed by atoms with van der Waals surface area (Å²) in [6.07, 6.45) is 7.35. The summed E-state index contributed by atoms with van der Waals surface area (Å²) in [7, 11) is 0. The number of hydrogen-bond donors (Lipinski definition) is 0. The summed E-state index contributed by atoms with van der Waals surface area (Å²) in [6, 6.07) is 12.2. The number of rotatable bonds is 9. The Hall–Kier alpha value is -3.85. The van der Waals surface area contributed by atoms with Gasteiger partial charge in [-0.3, -0.25) is 14.8 Å². The summed E-state index contributed by atoms with van der Waals surface area (Å²) in [5, 5.41) is 0. The number of ketones is 1. The average molecular weight is 532 g/mol. The molecule has 1 saturated carbocycles. The molecule has 1 aromatic carbocycles. The molecule has 1 aliphatic heterocycles. The molecule has 2 fully saturated rings. The van der Waals surface area contributed by atoms with Crippen LogP contribution in [0.25, 0.3) is 20.8 Å². The van der Waals surface area contributed by atoms with Crippen molar-refractivity contribution in [1.29, 1.82) is 0 Å². The third-order valence-electron chi connectivity index (χ3n) is 7.03. The van der Waals surface area contributed by atoms with Crippen molar-refractivity contribution < 1.29 is 23.5 Å². The zero-order valence-corrected chi connectivity index (χ0v) is 21.5. The van der Waals surface area contributed by atoms with E-state index in [9.17, 15) is 14.0 Å². The monoisotopic (exact) mass is 531 g/mol. The molecule has 0 atom stereocenters. The average Bonchev–Trinajstić information content (AvgIpc) is 3.50. The highest BCUT2D eigenvalue weighted by molar-refractivity contribution is 7.22. The van der Waals surface area contributed by atoms with E-state index in [1.54, 1.807) is 35.5 Å². The molecule has 2 aliphatic rings. The van der Waals surface area contributed by atoms with Gasteiger partial charge in [0.1, 0.15) is 18.1 Å². The lowest BCUT2D eigenvalue weighted by molar-refractivity contribution is -0.119. The fourth-order valence-corrected chi connectivity index (χ4v) is 5.79. The van der Waals surface area contributed by atoms with Crippen molar-refractivity contribution in [3.05, 3.63) is 71.8 Å². The molecule has 0 bridgehead atoms. The summed E-state index contributed by atoms with van der Waals surface area (Å²) in [5.74, 6) is 0.766. The van der Waals surface area contributed by atoms with E-state index in [0.717, 1.165) is 39.2 Å². The maximum absolute atomic E-state index is 14.9. The van der Waals surface area contributed by atoms with E-state index >= 15 is 0 Å². The number of carbonyl (C=O) groups is 2. The van der Waals surface area contributed by atoms with Crippen molar-refractivity contribution in [3.63, 3.8) is 0 Å². The second kappa shape index (κ2) is 10.5. The Bertz CT molecular complexity index is 1500. The van der Waals surface area contributed by atoms with Crippen molar-refractivity contribution in [1.82, 2.24) is 14.9 Å². The molecule has 4 heterocycles. The molecule has 1 amide bonds. The van der Waals surface area contributed by atoms with Gasteiger partial charge in [-0.05, 0) is 41.3 Å². The molecule has 3 aromatic heterocycles. The number of cyclic esters (lactones) is 1. The SMILES string of the molecule is O=C(Cc1ccc(Oc2ccnc3cc(-c4ccc(CN5CCOC5=O)cn4)sc23)c(F)c1)CC1CCC1. The number of ether oxygens (including phenoxy) is 2. The number of amides is 1. The van der Waals surface area contributed by atoms with Crippen LogP contribution in [0.4, 0.5) is 9.18 Å². The second-order valence-electron chi connectivity index (χ2n) is 9.81. The molecule has 7 nitrogen and oxygen atoms in total. The van der Waals surface area contributed by atoms with Gasteiger partial charge in [0, 0.05) is 31.3 Å². The van der Waals surface area contributed by atoms with Crippen LogP contribution in [0.2, 0.25) is 0 Å². The van der Waals surface area contributed by atoms with Crippen LogP contribution in [-0.2, 0) is 22.5 Å². The van der Waals surface area contributed by atoms with Gasteiger partial charge in [-0.1, -0.05) is 31.4 Å². The largest absolute Gasteiger partial charge is 0.453 e. The number of carbonyl (C=O) groups excluding carboxylic acids is 2. The second-order valence-corrected chi connectivity index (χ2v) is 10.9. The predicted molar refractivity (Wildman–Crippen MR) is 142 cm³/mol. The van der Waals surface area contributed by atoms with Gasteiger partial charge in [-0.2, -0.15) is 0 Å². The van der Waals surface area contributed by atoms with Crippen LogP contribution < -0.4 is 4.74 Å². The maximum Gasteiger partial charge on any atom is 0.410 e. The summed E-state index contributed by atoms with van der Waals surface area (Å²) in [6.45, 7) is 1.45. The number of benzene rings is 1. The standard InChI is InChI=1S/C29H26FN3O4S/c30-22-14-19(13-21(34)12-18-2-1-3-18)5-7-25(22)37-26-8-9-31-24-15-27(38-28(24)26)23-6-4-20(16-32-23)17-33-10-11-36-29(33)35/h4-9,14-16,18H,1-3,10-13,17H2. The van der Waals surface area contributed by atoms with Crippen molar-refractivity contribution in [2.45, 2.75) is 38.6 Å². The van der Waals surface area contributed by atoms with Gasteiger partial charge < -0.3 is 14.4 Å². The Kier molecular flexibility index (Phi) is 6.76. The molecule has 1 aliphatic carbocycles. The van der Waals surface area contributed by atoms with Crippen LogP contribution >= 0.6 is 11.3 Å². The number of thiophene rings is 1. The smallest absolute Gasteiger partial charge is 0.410 e. The number of aromatic nitrogens is 2. The van der Waals surface area contributed by atoms with Crippen LogP contribution in [0.5, 0.6) is 11.5 Å². The fourth-order valence-electron chi connectivity index (χ4n) is 4.75. The Morgan fingerprint density at radius 1 is 1.11 bits per heavy atom. The Morgan fingerprint density at radius 2 is 1.97 bits per heavy atom. The van der Waals surface area contributed by atoms with Gasteiger partial charge in [0.15, 0.2) is 11.6 Å². The lowest BCUT2D eigenvalue weighted by Crippen LogP contribution is -2.23. The molecule has 0 spiro atoms. The summed E-state index contributed by atoms with van der Waals surface area (Å²) in [5.41, 5.74) is 3.08. The van der Waals surface area contributed by atoms with Crippen molar-refractivity contribution in [2.75, 3.05) is 13.2 Å². The molecule has 1 saturated heterocycles. The molecule has 6 rings (SSSR count). The predicted octanol–water partition coefficient (Wildman–Crippen LogP) is 6.54. The van der Waals surface area contributed by atoms with Gasteiger partial charge in [0.25, 0.3) is 0 Å². The lowest BCUT2D eigenvalue weighted by Gasteiger charge is -2.24. The molecule has 38 heavy (non-hydrogen) atoms. The zero-order chi connectivity index (χ0) is 26.1. The Balaban J connectivity index is 1.16. The fraction of sp³-hybridized carbons (Fsp3) is 0.310. The van der Waals surface area contributed by atoms with Crippen LogP contribution in [0, 0.1) is 11.7 Å². The quantitative estimate of drug-likeness (QED) is 0.244. The van der Waals surface area contributed by atoms with Crippen molar-refractivity contribution >= 4 is 33.4 Å². The van der Waals surface area contributed by atoms with E-state index in [-0.39, 0.29) is 24.0 Å². The first kappa shape index (κ1) is 24.5. The highest BCUT2D eigenvalue weighted by Crippen LogP contribution is 2.39. The summed E-state index contributed by atoms with van der Waals surface area (Å²) < 4.78 is 26.6. The normalized spacial score (nSPS) is 15.5. The number of hydrogen-bond acceptors (Lipinski definition) is 7. The maximum atomic E-state index is 14.9. The number of halogens is 1. The van der Waals surface area contributed by atoms with E-state index in [4.69, 9.17) is 9.47 Å². The molecule has 4 aromatic rings. The zero-order valence-electron chi connectivity index (χ0n) is 20.7. The first-order chi connectivity index (χ1) is 18.5. The van der Waals surface area contributed by atoms with Gasteiger partial charge in [0.2, 0.25) is 0 Å². The Labute approximate surface area is 223 Å². The van der Waals surface area contributed by atoms with Crippen LogP contribution in [0.1, 0.15) is 36.8 Å². The van der Waals surface area contributed by atoms with E-state index in [1.165, 1.54) is 23.8 Å². The van der Waals surface area contributed by atoms with Gasteiger partial charge in [0.05, 0.1) is 33.9 Å². The lowest BCUT2D eigenvalue weighted by atomic mass is 9.81. The molecular weight excluding hydrogens is 505 g/mol. The number of nitrogens with zero attached hydrogens (tertiary/aromatic N) is 3. The minimum absolute atomic E-state index is 0.102. The third-order valence-corrected chi connectivity index (χ3v) is 8.19. The first-order valence-corrected chi connectivity index (χ1v) is 13.6. The Morgan fingerprint density at radius 3 is 2.68 bits per heavy atom. The van der Waals surface area contributed by atoms with E-state index < -0.39 is 5.82 Å². The minimum Gasteiger partial charge on any atom is -0.453 e. The van der Waals surface area contributed by atoms with E-state index in [2.05, 4.69) is 9.97 Å². The van der Waals surface area contributed by atoms with E-state index in [1.807, 2.05) is 18.2 Å². The van der Waals surface area contributed by atoms with Crippen LogP contribution in [0.3, 0.4) is 0 Å². The van der Waals surface area contributed by atoms with Crippen LogP contribution in [0.15, 0.2) is 54.9 Å². The molecule has 0 unspecified atom stereocenters. The van der Waals surface area contributed by atoms with Crippen molar-refractivity contribution in [2.24, 2.45) is 5.92 Å². The molecule has 194 valence electrons. The van der Waals surface area contributed by atoms with Gasteiger partial charge in [-0.25, -0.2) is 9.18 Å². The number of Topliss-reactive ketones (excluding diaryl/α,β-unsaturated/α-hetero) is 1. The third kappa shape index (κ3) is 5.24. The molecule has 0 N–H and O–H groups in total.